The lowest BCUT2D eigenvalue weighted by molar-refractivity contribution is -0.0498. The highest BCUT2D eigenvalue weighted by Gasteiger charge is 2.11. The summed E-state index contributed by atoms with van der Waals surface area (Å²) in [7, 11) is 0. The first-order chi connectivity index (χ1) is 13.5. The van der Waals surface area contributed by atoms with E-state index in [1.807, 2.05) is 36.6 Å². The van der Waals surface area contributed by atoms with E-state index >= 15 is 0 Å². The van der Waals surface area contributed by atoms with Gasteiger partial charge in [0.25, 0.3) is 5.91 Å². The number of hydrogen-bond donors (Lipinski definition) is 1. The highest BCUT2D eigenvalue weighted by atomic mass is 32.1. The summed E-state index contributed by atoms with van der Waals surface area (Å²) in [6.07, 6.45) is 0.943. The molecule has 28 heavy (non-hydrogen) atoms. The van der Waals surface area contributed by atoms with Crippen molar-refractivity contribution in [3.63, 3.8) is 0 Å². The molecule has 3 rings (SSSR count). The van der Waals surface area contributed by atoms with Gasteiger partial charge in [0.05, 0.1) is 12.3 Å². The molecule has 8 heteroatoms. The molecular formula is C20H18F2N2O3S. The molecule has 0 aliphatic heterocycles. The Bertz CT molecular complexity index is 912. The minimum atomic E-state index is -2.90. The lowest BCUT2D eigenvalue weighted by Gasteiger charge is -2.06. The monoisotopic (exact) mass is 404 g/mol. The number of carbonyl (C=O) groups is 1. The van der Waals surface area contributed by atoms with E-state index in [0.29, 0.717) is 17.3 Å². The lowest BCUT2D eigenvalue weighted by atomic mass is 10.2. The van der Waals surface area contributed by atoms with Gasteiger partial charge >= 0.3 is 6.61 Å². The van der Waals surface area contributed by atoms with E-state index in [1.54, 1.807) is 0 Å². The Morgan fingerprint density at radius 1 is 1.11 bits per heavy atom. The van der Waals surface area contributed by atoms with Crippen molar-refractivity contribution >= 4 is 22.4 Å². The maximum absolute atomic E-state index is 12.3. The van der Waals surface area contributed by atoms with E-state index in [9.17, 15) is 13.6 Å². The summed E-state index contributed by atoms with van der Waals surface area (Å²) >= 11 is 1.30. The van der Waals surface area contributed by atoms with Gasteiger partial charge in [0.2, 0.25) is 0 Å². The van der Waals surface area contributed by atoms with Crippen LogP contribution in [0.5, 0.6) is 11.5 Å². The van der Waals surface area contributed by atoms with Crippen LogP contribution in [0.1, 0.15) is 23.7 Å². The van der Waals surface area contributed by atoms with Gasteiger partial charge < -0.3 is 9.47 Å². The molecule has 1 aromatic heterocycles. The Morgan fingerprint density at radius 2 is 1.79 bits per heavy atom. The van der Waals surface area contributed by atoms with Gasteiger partial charge in [-0.05, 0) is 55.0 Å². The van der Waals surface area contributed by atoms with Crippen molar-refractivity contribution in [3.8, 4) is 22.8 Å². The molecule has 146 valence electrons. The van der Waals surface area contributed by atoms with Gasteiger partial charge in [0.15, 0.2) is 5.13 Å². The zero-order valence-corrected chi connectivity index (χ0v) is 15.8. The Morgan fingerprint density at radius 3 is 2.43 bits per heavy atom. The zero-order valence-electron chi connectivity index (χ0n) is 15.0. The number of nitrogens with one attached hydrogen (secondary N) is 1. The fourth-order valence-corrected chi connectivity index (χ4v) is 3.08. The standard InChI is InChI=1S/C20H18F2N2O3S/c1-2-11-26-15-7-3-13(4-8-15)17-12-28-20(23-17)24-18(25)14-5-9-16(10-6-14)27-19(21)22/h3-10,12,19H,2,11H2,1H3,(H,23,24,25). The predicted molar refractivity (Wildman–Crippen MR) is 104 cm³/mol. The molecule has 0 aliphatic rings. The van der Waals surface area contributed by atoms with Crippen molar-refractivity contribution in [2.45, 2.75) is 20.0 Å². The summed E-state index contributed by atoms with van der Waals surface area (Å²) in [5.41, 5.74) is 1.97. The van der Waals surface area contributed by atoms with Gasteiger partial charge in [-0.3, -0.25) is 10.1 Å². The number of anilines is 1. The molecule has 1 heterocycles. The molecule has 0 spiro atoms. The van der Waals surface area contributed by atoms with Gasteiger partial charge in [-0.25, -0.2) is 4.98 Å². The molecule has 0 saturated carbocycles. The van der Waals surface area contributed by atoms with E-state index in [1.165, 1.54) is 35.6 Å². The number of nitrogens with zero attached hydrogens (tertiary/aromatic N) is 1. The molecule has 1 amide bonds. The van der Waals surface area contributed by atoms with Crippen LogP contribution in [0, 0.1) is 0 Å². The number of carbonyl (C=O) groups excluding carboxylic acids is 1. The van der Waals surface area contributed by atoms with Gasteiger partial charge in [-0.15, -0.1) is 11.3 Å². The summed E-state index contributed by atoms with van der Waals surface area (Å²) in [6.45, 7) is -0.187. The number of benzene rings is 2. The molecule has 0 aliphatic carbocycles. The second-order valence-corrected chi connectivity index (χ2v) is 6.63. The Kier molecular flexibility index (Phi) is 6.54. The molecule has 0 bridgehead atoms. The van der Waals surface area contributed by atoms with Gasteiger partial charge in [0, 0.05) is 16.5 Å². The van der Waals surface area contributed by atoms with Crippen molar-refractivity contribution in [1.29, 1.82) is 0 Å². The minimum absolute atomic E-state index is 0.00514. The molecule has 1 N–H and O–H groups in total. The van der Waals surface area contributed by atoms with Crippen molar-refractivity contribution in [1.82, 2.24) is 4.98 Å². The summed E-state index contributed by atoms with van der Waals surface area (Å²) in [4.78, 5) is 16.7. The van der Waals surface area contributed by atoms with E-state index in [0.717, 1.165) is 23.4 Å². The van der Waals surface area contributed by atoms with E-state index in [2.05, 4.69) is 15.0 Å². The third kappa shape index (κ3) is 5.26. The first-order valence-electron chi connectivity index (χ1n) is 8.60. The fourth-order valence-electron chi connectivity index (χ4n) is 2.36. The fraction of sp³-hybridized carbons (Fsp3) is 0.200. The van der Waals surface area contributed by atoms with Crippen LogP contribution >= 0.6 is 11.3 Å². The maximum Gasteiger partial charge on any atom is 0.387 e. The maximum atomic E-state index is 12.3. The second-order valence-electron chi connectivity index (χ2n) is 5.77. The van der Waals surface area contributed by atoms with Gasteiger partial charge in [0.1, 0.15) is 11.5 Å². The van der Waals surface area contributed by atoms with Crippen LogP contribution in [-0.4, -0.2) is 24.1 Å². The lowest BCUT2D eigenvalue weighted by Crippen LogP contribution is -2.11. The summed E-state index contributed by atoms with van der Waals surface area (Å²) in [6, 6.07) is 13.0. The van der Waals surface area contributed by atoms with Crippen molar-refractivity contribution in [3.05, 3.63) is 59.5 Å². The van der Waals surface area contributed by atoms with Gasteiger partial charge in [-0.1, -0.05) is 6.92 Å². The number of alkyl halides is 2. The topological polar surface area (TPSA) is 60.5 Å². The van der Waals surface area contributed by atoms with Crippen molar-refractivity contribution in [2.24, 2.45) is 0 Å². The van der Waals surface area contributed by atoms with Crippen molar-refractivity contribution < 1.29 is 23.0 Å². The third-order valence-corrected chi connectivity index (χ3v) is 4.45. The van der Waals surface area contributed by atoms with Crippen LogP contribution in [0.25, 0.3) is 11.3 Å². The van der Waals surface area contributed by atoms with Gasteiger partial charge in [-0.2, -0.15) is 8.78 Å². The van der Waals surface area contributed by atoms with E-state index in [-0.39, 0.29) is 11.7 Å². The molecule has 0 saturated heterocycles. The highest BCUT2D eigenvalue weighted by molar-refractivity contribution is 7.14. The summed E-state index contributed by atoms with van der Waals surface area (Å²) in [5, 5.41) is 4.99. The van der Waals surface area contributed by atoms with Crippen molar-refractivity contribution in [2.75, 3.05) is 11.9 Å². The summed E-state index contributed by atoms with van der Waals surface area (Å²) in [5.74, 6) is 0.413. The minimum Gasteiger partial charge on any atom is -0.494 e. The molecule has 0 unspecified atom stereocenters. The van der Waals surface area contributed by atoms with Crippen LogP contribution in [0.2, 0.25) is 0 Å². The molecule has 3 aromatic rings. The SMILES string of the molecule is CCCOc1ccc(-c2csc(NC(=O)c3ccc(OC(F)F)cc3)n2)cc1. The van der Waals surface area contributed by atoms with Crippen LogP contribution in [-0.2, 0) is 0 Å². The number of rotatable bonds is 8. The van der Waals surface area contributed by atoms with Crippen LogP contribution in [0.15, 0.2) is 53.9 Å². The molecular weight excluding hydrogens is 386 g/mol. The Balaban J connectivity index is 1.63. The van der Waals surface area contributed by atoms with E-state index < -0.39 is 6.61 Å². The number of ether oxygens (including phenoxy) is 2. The molecule has 2 aromatic carbocycles. The quantitative estimate of drug-likeness (QED) is 0.542. The normalized spacial score (nSPS) is 10.7. The summed E-state index contributed by atoms with van der Waals surface area (Å²) < 4.78 is 34.2. The first kappa shape index (κ1) is 19.8. The smallest absolute Gasteiger partial charge is 0.387 e. The zero-order chi connectivity index (χ0) is 19.9. The average Bonchev–Trinajstić information content (AvgIpc) is 3.15. The van der Waals surface area contributed by atoms with E-state index in [4.69, 9.17) is 4.74 Å². The number of halogens is 2. The Hall–Kier alpha value is -3.00. The van der Waals surface area contributed by atoms with Crippen LogP contribution < -0.4 is 14.8 Å². The predicted octanol–water partition coefficient (Wildman–Crippen LogP) is 5.45. The molecule has 0 radical (unpaired) electrons. The highest BCUT2D eigenvalue weighted by Crippen LogP contribution is 2.27. The Labute approximate surface area is 164 Å². The molecule has 5 nitrogen and oxygen atoms in total. The number of thiazole rings is 1. The van der Waals surface area contributed by atoms with Crippen LogP contribution in [0.3, 0.4) is 0 Å². The molecule has 0 fully saturated rings. The first-order valence-corrected chi connectivity index (χ1v) is 9.48. The van der Waals surface area contributed by atoms with Crippen LogP contribution in [0.4, 0.5) is 13.9 Å². The third-order valence-electron chi connectivity index (χ3n) is 3.69. The number of aromatic nitrogens is 1. The number of hydrogen-bond acceptors (Lipinski definition) is 5. The molecule has 0 atom stereocenters. The second kappa shape index (κ2) is 9.27. The number of amides is 1. The largest absolute Gasteiger partial charge is 0.494 e. The average molecular weight is 404 g/mol.